The maximum absolute atomic E-state index is 9.58. The molecule has 0 aliphatic heterocycles. The molecule has 4 heteroatoms. The number of methoxy groups -OCH3 is 2. The summed E-state index contributed by atoms with van der Waals surface area (Å²) < 4.78 is 10.7. The summed E-state index contributed by atoms with van der Waals surface area (Å²) in [7, 11) is 3.25. The highest BCUT2D eigenvalue weighted by Crippen LogP contribution is 2.32. The second kappa shape index (κ2) is 8.44. The molecule has 0 aliphatic rings. The molecule has 110 valence electrons. The Kier molecular flexibility index (Phi) is 6.89. The van der Waals surface area contributed by atoms with Crippen molar-refractivity contribution >= 4 is 0 Å². The minimum absolute atomic E-state index is 0.309. The van der Waals surface area contributed by atoms with Gasteiger partial charge in [-0.05, 0) is 37.7 Å². The topological polar surface area (TPSA) is 45.5 Å². The fourth-order valence-corrected chi connectivity index (χ4v) is 2.23. The Hall–Kier alpha value is -1.73. The van der Waals surface area contributed by atoms with Crippen LogP contribution in [0, 0.1) is 11.3 Å². The lowest BCUT2D eigenvalue weighted by Gasteiger charge is -2.27. The molecule has 1 aromatic rings. The monoisotopic (exact) mass is 276 g/mol. The van der Waals surface area contributed by atoms with Crippen molar-refractivity contribution in [3.63, 3.8) is 0 Å². The molecule has 0 aliphatic carbocycles. The smallest absolute Gasteiger partial charge is 0.127 e. The fraction of sp³-hybridized carbons (Fsp3) is 0.562. The zero-order valence-electron chi connectivity index (χ0n) is 12.8. The first-order chi connectivity index (χ1) is 9.71. The Balaban J connectivity index is 3.12. The molecule has 1 atom stereocenters. The molecule has 0 N–H and O–H groups in total. The molecular formula is C16H24N2O2. The number of nitriles is 1. The van der Waals surface area contributed by atoms with Crippen molar-refractivity contribution in [3.8, 4) is 17.6 Å². The van der Waals surface area contributed by atoms with E-state index >= 15 is 0 Å². The van der Waals surface area contributed by atoms with Gasteiger partial charge < -0.3 is 9.47 Å². The third-order valence-corrected chi connectivity index (χ3v) is 3.42. The maximum Gasteiger partial charge on any atom is 0.127 e. The summed E-state index contributed by atoms with van der Waals surface area (Å²) in [6, 6.07) is 7.68. The van der Waals surface area contributed by atoms with Gasteiger partial charge in [0.05, 0.1) is 20.3 Å². The van der Waals surface area contributed by atoms with Gasteiger partial charge in [-0.1, -0.05) is 20.3 Å². The Morgan fingerprint density at radius 2 is 2.00 bits per heavy atom. The second-order valence-electron chi connectivity index (χ2n) is 4.62. The van der Waals surface area contributed by atoms with Crippen LogP contribution in [0.2, 0.25) is 0 Å². The lowest BCUT2D eigenvalue weighted by Crippen LogP contribution is -2.29. The quantitative estimate of drug-likeness (QED) is 0.730. The number of nitrogens with zero attached hydrogens (tertiary/aromatic N) is 2. The van der Waals surface area contributed by atoms with Crippen LogP contribution < -0.4 is 9.47 Å². The van der Waals surface area contributed by atoms with Gasteiger partial charge in [-0.2, -0.15) is 5.26 Å². The minimum Gasteiger partial charge on any atom is -0.497 e. The lowest BCUT2D eigenvalue weighted by molar-refractivity contribution is 0.239. The highest BCUT2D eigenvalue weighted by Gasteiger charge is 2.22. The largest absolute Gasteiger partial charge is 0.497 e. The number of rotatable bonds is 8. The lowest BCUT2D eigenvalue weighted by atomic mass is 10.0. The minimum atomic E-state index is -0.309. The summed E-state index contributed by atoms with van der Waals surface area (Å²) in [6.07, 6.45) is 2.20. The molecular weight excluding hydrogens is 252 g/mol. The van der Waals surface area contributed by atoms with E-state index in [1.165, 1.54) is 0 Å². The van der Waals surface area contributed by atoms with Gasteiger partial charge in [0.2, 0.25) is 0 Å². The molecule has 1 unspecified atom stereocenters. The molecule has 0 saturated carbocycles. The number of unbranched alkanes of at least 4 members (excludes halogenated alkanes) is 1. The summed E-state index contributed by atoms with van der Waals surface area (Å²) in [5.74, 6) is 1.47. The number of benzene rings is 1. The van der Waals surface area contributed by atoms with Gasteiger partial charge in [-0.15, -0.1) is 0 Å². The van der Waals surface area contributed by atoms with E-state index in [4.69, 9.17) is 9.47 Å². The van der Waals surface area contributed by atoms with Gasteiger partial charge in [0.1, 0.15) is 17.5 Å². The molecule has 4 nitrogen and oxygen atoms in total. The molecule has 0 bridgehead atoms. The first kappa shape index (κ1) is 16.3. The summed E-state index contributed by atoms with van der Waals surface area (Å²) in [5.41, 5.74) is 0.868. The zero-order chi connectivity index (χ0) is 15.0. The number of hydrogen-bond donors (Lipinski definition) is 0. The highest BCUT2D eigenvalue weighted by atomic mass is 16.5. The van der Waals surface area contributed by atoms with E-state index in [-0.39, 0.29) is 6.04 Å². The molecule has 0 heterocycles. The molecule has 0 fully saturated rings. The van der Waals surface area contributed by atoms with Crippen LogP contribution >= 0.6 is 0 Å². The first-order valence-electron chi connectivity index (χ1n) is 7.07. The molecule has 0 aromatic heterocycles. The molecule has 20 heavy (non-hydrogen) atoms. The van der Waals surface area contributed by atoms with Crippen LogP contribution in [0.3, 0.4) is 0 Å². The molecule has 0 saturated heterocycles. The van der Waals surface area contributed by atoms with Crippen LogP contribution in [0.5, 0.6) is 11.5 Å². The van der Waals surface area contributed by atoms with E-state index < -0.39 is 0 Å². The molecule has 0 amide bonds. The van der Waals surface area contributed by atoms with Crippen molar-refractivity contribution in [3.05, 3.63) is 23.8 Å². The molecule has 1 aromatic carbocycles. The number of ether oxygens (including phenoxy) is 2. The van der Waals surface area contributed by atoms with Gasteiger partial charge in [-0.3, -0.25) is 4.90 Å². The van der Waals surface area contributed by atoms with Gasteiger partial charge in [0, 0.05) is 5.56 Å². The molecule has 0 radical (unpaired) electrons. The SMILES string of the molecule is CCCCN(CC)C(C#N)c1cc(OC)ccc1OC. The van der Waals surface area contributed by atoms with E-state index in [0.29, 0.717) is 0 Å². The van der Waals surface area contributed by atoms with Gasteiger partial charge >= 0.3 is 0 Å². The van der Waals surface area contributed by atoms with E-state index in [1.807, 2.05) is 18.2 Å². The van der Waals surface area contributed by atoms with Crippen molar-refractivity contribution in [1.82, 2.24) is 4.90 Å². The summed E-state index contributed by atoms with van der Waals surface area (Å²) in [6.45, 7) is 5.97. The van der Waals surface area contributed by atoms with E-state index in [1.54, 1.807) is 14.2 Å². The molecule has 1 rings (SSSR count). The Morgan fingerprint density at radius 1 is 1.25 bits per heavy atom. The summed E-state index contributed by atoms with van der Waals surface area (Å²) in [4.78, 5) is 2.17. The zero-order valence-corrected chi connectivity index (χ0v) is 12.8. The van der Waals surface area contributed by atoms with E-state index in [0.717, 1.165) is 43.0 Å². The van der Waals surface area contributed by atoms with Gasteiger partial charge in [-0.25, -0.2) is 0 Å². The van der Waals surface area contributed by atoms with Crippen LogP contribution in [0.25, 0.3) is 0 Å². The third-order valence-electron chi connectivity index (χ3n) is 3.42. The van der Waals surface area contributed by atoms with E-state index in [9.17, 15) is 5.26 Å². The van der Waals surface area contributed by atoms with Gasteiger partial charge in [0.25, 0.3) is 0 Å². The Bertz CT molecular complexity index is 454. The first-order valence-corrected chi connectivity index (χ1v) is 7.07. The van der Waals surface area contributed by atoms with Crippen molar-refractivity contribution in [1.29, 1.82) is 5.26 Å². The van der Waals surface area contributed by atoms with Crippen LogP contribution in [-0.4, -0.2) is 32.2 Å². The molecule has 0 spiro atoms. The third kappa shape index (κ3) is 3.88. The van der Waals surface area contributed by atoms with Gasteiger partial charge in [0.15, 0.2) is 0 Å². The predicted octanol–water partition coefficient (Wildman–Crippen LogP) is 3.39. The summed E-state index contributed by atoms with van der Waals surface area (Å²) >= 11 is 0. The predicted molar refractivity (Wildman–Crippen MR) is 80.1 cm³/mol. The average molecular weight is 276 g/mol. The Labute approximate surface area is 121 Å². The van der Waals surface area contributed by atoms with Crippen molar-refractivity contribution in [2.24, 2.45) is 0 Å². The second-order valence-corrected chi connectivity index (χ2v) is 4.62. The normalized spacial score (nSPS) is 12.0. The van der Waals surface area contributed by atoms with Crippen molar-refractivity contribution in [2.75, 3.05) is 27.3 Å². The standard InChI is InChI=1S/C16H24N2O2/c1-5-7-10-18(6-2)15(12-17)14-11-13(19-3)8-9-16(14)20-4/h8-9,11,15H,5-7,10H2,1-4H3. The van der Waals surface area contributed by atoms with Crippen LogP contribution in [0.4, 0.5) is 0 Å². The maximum atomic E-state index is 9.58. The van der Waals surface area contributed by atoms with Crippen LogP contribution in [-0.2, 0) is 0 Å². The average Bonchev–Trinajstić information content (AvgIpc) is 2.50. The highest BCUT2D eigenvalue weighted by molar-refractivity contribution is 5.44. The number of hydrogen-bond acceptors (Lipinski definition) is 4. The fourth-order valence-electron chi connectivity index (χ4n) is 2.23. The van der Waals surface area contributed by atoms with Crippen LogP contribution in [0.15, 0.2) is 18.2 Å². The summed E-state index contributed by atoms with van der Waals surface area (Å²) in [5, 5.41) is 9.58. The van der Waals surface area contributed by atoms with E-state index in [2.05, 4.69) is 24.8 Å². The van der Waals surface area contributed by atoms with Crippen molar-refractivity contribution in [2.45, 2.75) is 32.7 Å². The van der Waals surface area contributed by atoms with Crippen molar-refractivity contribution < 1.29 is 9.47 Å². The Morgan fingerprint density at radius 3 is 2.50 bits per heavy atom. The van der Waals surface area contributed by atoms with Crippen LogP contribution in [0.1, 0.15) is 38.3 Å².